The molecule has 0 spiro atoms. The van der Waals surface area contributed by atoms with Crippen LogP contribution in [0.3, 0.4) is 0 Å². The maximum absolute atomic E-state index is 13.1. The molecule has 31 heavy (non-hydrogen) atoms. The van der Waals surface area contributed by atoms with Crippen molar-refractivity contribution in [3.05, 3.63) is 82.3 Å². The van der Waals surface area contributed by atoms with Crippen LogP contribution in [0.5, 0.6) is 0 Å². The van der Waals surface area contributed by atoms with Crippen LogP contribution >= 0.6 is 0 Å². The molecule has 0 radical (unpaired) electrons. The summed E-state index contributed by atoms with van der Waals surface area (Å²) in [6.07, 6.45) is 2.32. The minimum absolute atomic E-state index is 0.246. The topological polar surface area (TPSA) is 103 Å². The van der Waals surface area contributed by atoms with Gasteiger partial charge in [-0.3, -0.25) is 14.0 Å². The molecule has 4 aromatic rings. The number of hydrogen-bond acceptors (Lipinski definition) is 5. The van der Waals surface area contributed by atoms with Crippen molar-refractivity contribution in [2.75, 3.05) is 19.5 Å². The van der Waals surface area contributed by atoms with Crippen molar-refractivity contribution < 1.29 is 14.1 Å². The maximum Gasteiger partial charge on any atom is 0.278 e. The summed E-state index contributed by atoms with van der Waals surface area (Å²) in [4.78, 5) is 30.8. The lowest BCUT2D eigenvalue weighted by atomic mass is 10.1. The standard InChI is InChI=1S/C23H23N5O3/c1-31-13-7-12-28-20(24)17(22(29)25-15-16-8-3-2-4-9-16)14-18-21(28)26-19-10-5-6-11-27(19)23(18)30/h2-6,8-11,14,24H,7,12-13,15H2,1H3,(H,25,29)/p+1. The first-order valence-corrected chi connectivity index (χ1v) is 10.0. The zero-order valence-electron chi connectivity index (χ0n) is 17.2. The first kappa shape index (κ1) is 20.5. The van der Waals surface area contributed by atoms with Gasteiger partial charge < -0.3 is 15.8 Å². The van der Waals surface area contributed by atoms with Crippen molar-refractivity contribution in [2.24, 2.45) is 0 Å². The highest BCUT2D eigenvalue weighted by atomic mass is 16.5. The van der Waals surface area contributed by atoms with E-state index in [0.29, 0.717) is 42.8 Å². The van der Waals surface area contributed by atoms with Crippen LogP contribution < -0.4 is 21.2 Å². The Kier molecular flexibility index (Phi) is 5.90. The van der Waals surface area contributed by atoms with E-state index in [2.05, 4.69) is 10.3 Å². The second-order valence-corrected chi connectivity index (χ2v) is 7.19. The summed E-state index contributed by atoms with van der Waals surface area (Å²) in [6, 6.07) is 16.5. The minimum Gasteiger partial charge on any atom is -0.385 e. The smallest absolute Gasteiger partial charge is 0.278 e. The molecule has 3 aromatic heterocycles. The number of nitrogens with zero attached hydrogens (tertiary/aromatic N) is 3. The summed E-state index contributed by atoms with van der Waals surface area (Å²) in [5.74, 6) is -0.0809. The number of methoxy groups -OCH3 is 1. The zero-order chi connectivity index (χ0) is 21.8. The van der Waals surface area contributed by atoms with Gasteiger partial charge in [-0.05, 0) is 23.8 Å². The SMILES string of the molecule is COCCC[n+]1c(N)c(C(=O)NCc2ccccc2)cc2c(=O)n3ccccc3nc21. The van der Waals surface area contributed by atoms with Crippen molar-refractivity contribution in [1.29, 1.82) is 0 Å². The normalized spacial score (nSPS) is 11.1. The Morgan fingerprint density at radius 2 is 1.97 bits per heavy atom. The Labute approximate surface area is 178 Å². The number of ether oxygens (including phenoxy) is 1. The fourth-order valence-corrected chi connectivity index (χ4v) is 3.55. The van der Waals surface area contributed by atoms with E-state index in [1.165, 1.54) is 10.5 Å². The van der Waals surface area contributed by atoms with Crippen molar-refractivity contribution in [1.82, 2.24) is 14.7 Å². The molecule has 1 amide bonds. The molecule has 0 bridgehead atoms. The molecule has 0 aliphatic heterocycles. The van der Waals surface area contributed by atoms with Crippen molar-refractivity contribution >= 4 is 28.4 Å². The molecule has 8 nitrogen and oxygen atoms in total. The third-order valence-electron chi connectivity index (χ3n) is 5.13. The van der Waals surface area contributed by atoms with Gasteiger partial charge in [-0.2, -0.15) is 0 Å². The monoisotopic (exact) mass is 418 g/mol. The molecule has 0 saturated carbocycles. The molecule has 0 unspecified atom stereocenters. The Morgan fingerprint density at radius 3 is 2.74 bits per heavy atom. The molecule has 0 atom stereocenters. The summed E-state index contributed by atoms with van der Waals surface area (Å²) in [5, 5.41) is 3.22. The number of benzene rings is 1. The largest absolute Gasteiger partial charge is 0.385 e. The number of anilines is 1. The number of fused-ring (bicyclic) bond motifs is 2. The predicted molar refractivity (Wildman–Crippen MR) is 118 cm³/mol. The molecular weight excluding hydrogens is 394 g/mol. The molecule has 0 aliphatic rings. The lowest BCUT2D eigenvalue weighted by Crippen LogP contribution is -2.43. The van der Waals surface area contributed by atoms with Crippen LogP contribution in [0.4, 0.5) is 5.82 Å². The molecule has 0 fully saturated rings. The molecule has 8 heteroatoms. The highest BCUT2D eigenvalue weighted by Gasteiger charge is 2.24. The lowest BCUT2D eigenvalue weighted by molar-refractivity contribution is -0.659. The number of hydrogen-bond donors (Lipinski definition) is 2. The minimum atomic E-state index is -0.346. The number of aryl methyl sites for hydroxylation is 1. The van der Waals surface area contributed by atoms with Crippen LogP contribution in [0.25, 0.3) is 16.7 Å². The average molecular weight is 418 g/mol. The predicted octanol–water partition coefficient (Wildman–Crippen LogP) is 1.68. The van der Waals surface area contributed by atoms with Gasteiger partial charge >= 0.3 is 0 Å². The number of carbonyl (C=O) groups is 1. The molecule has 3 heterocycles. The molecule has 0 aliphatic carbocycles. The number of carbonyl (C=O) groups excluding carboxylic acids is 1. The number of nitrogen functional groups attached to an aromatic ring is 1. The van der Waals surface area contributed by atoms with E-state index in [-0.39, 0.29) is 22.8 Å². The summed E-state index contributed by atoms with van der Waals surface area (Å²) in [5.41, 5.74) is 8.33. The number of pyridine rings is 2. The van der Waals surface area contributed by atoms with E-state index in [9.17, 15) is 9.59 Å². The first-order valence-electron chi connectivity index (χ1n) is 10.0. The Hall–Kier alpha value is -3.78. The van der Waals surface area contributed by atoms with E-state index >= 15 is 0 Å². The van der Waals surface area contributed by atoms with E-state index in [1.54, 1.807) is 30.0 Å². The second kappa shape index (κ2) is 8.93. The van der Waals surface area contributed by atoms with Crippen molar-refractivity contribution in [3.8, 4) is 0 Å². The molecular formula is C23H24N5O3+. The van der Waals surface area contributed by atoms with Crippen LogP contribution in [0.15, 0.2) is 65.6 Å². The van der Waals surface area contributed by atoms with Gasteiger partial charge in [0.25, 0.3) is 17.1 Å². The van der Waals surface area contributed by atoms with Crippen molar-refractivity contribution in [2.45, 2.75) is 19.5 Å². The maximum atomic E-state index is 13.1. The van der Waals surface area contributed by atoms with Crippen LogP contribution in [-0.2, 0) is 17.8 Å². The van der Waals surface area contributed by atoms with Gasteiger partial charge in [0, 0.05) is 32.9 Å². The summed E-state index contributed by atoms with van der Waals surface area (Å²) in [7, 11) is 1.62. The second-order valence-electron chi connectivity index (χ2n) is 7.19. The van der Waals surface area contributed by atoms with E-state index in [1.807, 2.05) is 36.4 Å². The van der Waals surface area contributed by atoms with Gasteiger partial charge in [-0.1, -0.05) is 41.4 Å². The van der Waals surface area contributed by atoms with E-state index in [4.69, 9.17) is 10.5 Å². The quantitative estimate of drug-likeness (QED) is 0.270. The summed E-state index contributed by atoms with van der Waals surface area (Å²) < 4.78 is 8.34. The fourth-order valence-electron chi connectivity index (χ4n) is 3.55. The van der Waals surface area contributed by atoms with Crippen LogP contribution in [-0.4, -0.2) is 29.0 Å². The number of amides is 1. The Balaban J connectivity index is 1.81. The number of nitrogens with two attached hydrogens (primary N) is 1. The van der Waals surface area contributed by atoms with Crippen LogP contribution in [0.1, 0.15) is 22.3 Å². The lowest BCUT2D eigenvalue weighted by Gasteiger charge is -2.12. The zero-order valence-corrected chi connectivity index (χ0v) is 17.2. The summed E-state index contributed by atoms with van der Waals surface area (Å²) >= 11 is 0. The van der Waals surface area contributed by atoms with Gasteiger partial charge in [0.2, 0.25) is 11.5 Å². The van der Waals surface area contributed by atoms with Gasteiger partial charge in [-0.25, -0.2) is 4.57 Å². The van der Waals surface area contributed by atoms with Gasteiger partial charge in [-0.15, -0.1) is 0 Å². The average Bonchev–Trinajstić information content (AvgIpc) is 2.80. The van der Waals surface area contributed by atoms with E-state index < -0.39 is 0 Å². The molecule has 4 rings (SSSR count). The van der Waals surface area contributed by atoms with Crippen LogP contribution in [0.2, 0.25) is 0 Å². The fraction of sp³-hybridized carbons (Fsp3) is 0.217. The number of nitrogens with one attached hydrogen (secondary N) is 1. The highest BCUT2D eigenvalue weighted by Crippen LogP contribution is 2.15. The third-order valence-corrected chi connectivity index (χ3v) is 5.13. The third kappa shape index (κ3) is 4.10. The van der Waals surface area contributed by atoms with Gasteiger partial charge in [0.1, 0.15) is 10.9 Å². The van der Waals surface area contributed by atoms with E-state index in [0.717, 1.165) is 5.56 Å². The van der Waals surface area contributed by atoms with Crippen molar-refractivity contribution in [3.63, 3.8) is 0 Å². The summed E-state index contributed by atoms with van der Waals surface area (Å²) in [6.45, 7) is 1.34. The Bertz CT molecular complexity index is 1300. The van der Waals surface area contributed by atoms with Gasteiger partial charge in [0.05, 0.1) is 6.54 Å². The molecule has 1 aromatic carbocycles. The molecule has 0 saturated heterocycles. The van der Waals surface area contributed by atoms with Crippen LogP contribution in [0, 0.1) is 0 Å². The first-order chi connectivity index (χ1) is 15.1. The Morgan fingerprint density at radius 1 is 1.19 bits per heavy atom. The molecule has 158 valence electrons. The highest BCUT2D eigenvalue weighted by molar-refractivity contribution is 6.00. The molecule has 3 N–H and O–H groups in total. The number of rotatable bonds is 7. The number of aromatic nitrogens is 3. The van der Waals surface area contributed by atoms with Gasteiger partial charge in [0.15, 0.2) is 0 Å².